The van der Waals surface area contributed by atoms with Gasteiger partial charge in [-0.1, -0.05) is 18.2 Å². The molecule has 0 spiro atoms. The van der Waals surface area contributed by atoms with Crippen LogP contribution in [0.2, 0.25) is 0 Å². The third kappa shape index (κ3) is 4.87. The van der Waals surface area contributed by atoms with E-state index >= 15 is 0 Å². The lowest BCUT2D eigenvalue weighted by atomic mass is 10.1. The zero-order chi connectivity index (χ0) is 17.5. The molecule has 7 heteroatoms. The number of benzene rings is 1. The quantitative estimate of drug-likeness (QED) is 0.713. The van der Waals surface area contributed by atoms with Gasteiger partial charge in [0.15, 0.2) is 5.01 Å². The molecule has 0 saturated carbocycles. The van der Waals surface area contributed by atoms with Crippen molar-refractivity contribution in [3.8, 4) is 5.75 Å². The van der Waals surface area contributed by atoms with Gasteiger partial charge in [-0.25, -0.2) is 14.8 Å². The Morgan fingerprint density at radius 3 is 2.54 bits per heavy atom. The van der Waals surface area contributed by atoms with E-state index in [0.717, 1.165) is 18.4 Å². The predicted molar refractivity (Wildman–Crippen MR) is 93.8 cm³/mol. The van der Waals surface area contributed by atoms with E-state index in [1.807, 2.05) is 31.2 Å². The van der Waals surface area contributed by atoms with Crippen LogP contribution in [0.25, 0.3) is 0 Å². The predicted octanol–water partition coefficient (Wildman–Crippen LogP) is 3.34. The first-order chi connectivity index (χ1) is 11.5. The molecular weight excluding hydrogens is 376 g/mol. The number of nitrogens with zero attached hydrogens (tertiary/aromatic N) is 2. The number of carbonyl (C=O) groups excluding carboxylic acids is 2. The van der Waals surface area contributed by atoms with Crippen LogP contribution >= 0.6 is 15.9 Å². The molecule has 0 N–H and O–H groups in total. The van der Waals surface area contributed by atoms with E-state index in [9.17, 15) is 9.59 Å². The van der Waals surface area contributed by atoms with E-state index in [1.54, 1.807) is 6.92 Å². The fourth-order valence-corrected chi connectivity index (χ4v) is 2.81. The second-order valence-corrected chi connectivity index (χ2v) is 6.78. The monoisotopic (exact) mass is 398 g/mol. The summed E-state index contributed by atoms with van der Waals surface area (Å²) in [6.07, 6.45) is 1.44. The van der Waals surface area contributed by atoms with E-state index in [-0.39, 0.29) is 23.9 Å². The zero-order valence-corrected chi connectivity index (χ0v) is 15.6. The Balaban J connectivity index is 2.11. The van der Waals surface area contributed by atoms with Crippen LogP contribution < -0.4 is 4.74 Å². The molecule has 24 heavy (non-hydrogen) atoms. The number of para-hydroxylation sites is 1. The van der Waals surface area contributed by atoms with Crippen LogP contribution in [0.4, 0.5) is 4.79 Å². The number of hydrazine groups is 1. The third-order valence-electron chi connectivity index (χ3n) is 3.65. The highest BCUT2D eigenvalue weighted by atomic mass is 79.9. The summed E-state index contributed by atoms with van der Waals surface area (Å²) in [5, 5.41) is 2.75. The molecule has 1 aromatic rings. The van der Waals surface area contributed by atoms with Gasteiger partial charge in [0.05, 0.1) is 13.0 Å². The zero-order valence-electron chi connectivity index (χ0n) is 14.0. The molecule has 0 aromatic heterocycles. The first kappa shape index (κ1) is 18.6. The third-order valence-corrected chi connectivity index (χ3v) is 3.84. The van der Waals surface area contributed by atoms with E-state index in [0.29, 0.717) is 18.8 Å². The second kappa shape index (κ2) is 8.92. The van der Waals surface area contributed by atoms with Gasteiger partial charge in [-0.2, -0.15) is 0 Å². The largest absolute Gasteiger partial charge is 0.479 e. The van der Waals surface area contributed by atoms with Crippen LogP contribution in [0.3, 0.4) is 0 Å². The maximum absolute atomic E-state index is 12.7. The molecule has 1 aliphatic heterocycles. The Labute approximate surface area is 150 Å². The van der Waals surface area contributed by atoms with Crippen molar-refractivity contribution in [1.82, 2.24) is 10.0 Å². The van der Waals surface area contributed by atoms with Crippen LogP contribution in [0.1, 0.15) is 32.3 Å². The fourth-order valence-electron chi connectivity index (χ4n) is 2.61. The van der Waals surface area contributed by atoms with Crippen molar-refractivity contribution in [1.29, 1.82) is 0 Å². The second-order valence-electron chi connectivity index (χ2n) is 5.49. The lowest BCUT2D eigenvalue weighted by molar-refractivity contribution is -0.148. The summed E-state index contributed by atoms with van der Waals surface area (Å²) in [4.78, 5) is 24.8. The van der Waals surface area contributed by atoms with Gasteiger partial charge in [-0.05, 0) is 48.7 Å². The first-order valence-electron chi connectivity index (χ1n) is 8.16. The van der Waals surface area contributed by atoms with Crippen LogP contribution in [0, 0.1) is 0 Å². The minimum atomic E-state index is -0.468. The highest BCUT2D eigenvalue weighted by molar-refractivity contribution is 9.09. The standard InChI is InChI=1S/C17H23BrN2O4/c1-3-23-17(22)20-11-7-6-10-19(20)16(21)12-14-8-4-5-9-15(14)24-13(2)18/h4-5,8-9,13H,3,6-7,10-12H2,1-2H3. The summed E-state index contributed by atoms with van der Waals surface area (Å²) in [5.74, 6) is 0.524. The van der Waals surface area contributed by atoms with Gasteiger partial charge in [0, 0.05) is 18.7 Å². The molecule has 0 aliphatic carbocycles. The van der Waals surface area contributed by atoms with Gasteiger partial charge in [0.1, 0.15) is 5.75 Å². The fraction of sp³-hybridized carbons (Fsp3) is 0.529. The maximum atomic E-state index is 12.7. The molecular formula is C17H23BrN2O4. The molecule has 2 rings (SSSR count). The summed E-state index contributed by atoms with van der Waals surface area (Å²) < 4.78 is 10.7. The Morgan fingerprint density at radius 1 is 1.21 bits per heavy atom. The minimum Gasteiger partial charge on any atom is -0.479 e. The van der Waals surface area contributed by atoms with Gasteiger partial charge in [-0.15, -0.1) is 0 Å². The maximum Gasteiger partial charge on any atom is 0.428 e. The lowest BCUT2D eigenvalue weighted by Gasteiger charge is -2.37. The van der Waals surface area contributed by atoms with E-state index in [1.165, 1.54) is 10.0 Å². The highest BCUT2D eigenvalue weighted by Crippen LogP contribution is 2.23. The molecule has 1 atom stereocenters. The molecule has 0 bridgehead atoms. The Bertz CT molecular complexity index is 579. The van der Waals surface area contributed by atoms with E-state index in [2.05, 4.69) is 15.9 Å². The molecule has 1 aromatic carbocycles. The first-order valence-corrected chi connectivity index (χ1v) is 9.07. The van der Waals surface area contributed by atoms with Gasteiger partial charge in [0.2, 0.25) is 5.91 Å². The highest BCUT2D eigenvalue weighted by Gasteiger charge is 2.30. The average molecular weight is 399 g/mol. The van der Waals surface area contributed by atoms with Crippen LogP contribution in [-0.2, 0) is 16.0 Å². The molecule has 1 aliphatic rings. The molecule has 1 heterocycles. The number of ether oxygens (including phenoxy) is 2. The minimum absolute atomic E-state index is 0.138. The average Bonchev–Trinajstić information content (AvgIpc) is 2.56. The van der Waals surface area contributed by atoms with E-state index in [4.69, 9.17) is 9.47 Å². The van der Waals surface area contributed by atoms with Crippen molar-refractivity contribution in [2.75, 3.05) is 19.7 Å². The van der Waals surface area contributed by atoms with Crippen molar-refractivity contribution in [2.24, 2.45) is 0 Å². The molecule has 1 fully saturated rings. The topological polar surface area (TPSA) is 59.1 Å². The van der Waals surface area contributed by atoms with Gasteiger partial charge in [0.25, 0.3) is 0 Å². The molecule has 6 nitrogen and oxygen atoms in total. The van der Waals surface area contributed by atoms with Crippen LogP contribution in [0.15, 0.2) is 24.3 Å². The summed E-state index contributed by atoms with van der Waals surface area (Å²) in [6.45, 7) is 4.93. The number of halogens is 1. The molecule has 1 saturated heterocycles. The molecule has 2 amide bonds. The van der Waals surface area contributed by atoms with E-state index < -0.39 is 6.09 Å². The number of carbonyl (C=O) groups is 2. The summed E-state index contributed by atoms with van der Waals surface area (Å²) in [5.41, 5.74) is 0.795. The number of rotatable bonds is 5. The van der Waals surface area contributed by atoms with Gasteiger partial charge >= 0.3 is 6.09 Å². The van der Waals surface area contributed by atoms with Crippen molar-refractivity contribution in [3.05, 3.63) is 29.8 Å². The van der Waals surface area contributed by atoms with Crippen molar-refractivity contribution in [3.63, 3.8) is 0 Å². The molecule has 132 valence electrons. The van der Waals surface area contributed by atoms with Crippen molar-refractivity contribution >= 4 is 27.9 Å². The molecule has 0 radical (unpaired) electrons. The number of amides is 2. The smallest absolute Gasteiger partial charge is 0.428 e. The summed E-state index contributed by atoms with van der Waals surface area (Å²) >= 11 is 3.35. The normalized spacial score (nSPS) is 15.8. The van der Waals surface area contributed by atoms with Crippen molar-refractivity contribution < 1.29 is 19.1 Å². The van der Waals surface area contributed by atoms with Crippen molar-refractivity contribution in [2.45, 2.75) is 38.1 Å². The Morgan fingerprint density at radius 2 is 1.88 bits per heavy atom. The number of hydrogen-bond acceptors (Lipinski definition) is 4. The lowest BCUT2D eigenvalue weighted by Crippen LogP contribution is -2.53. The Kier molecular flexibility index (Phi) is 6.90. The van der Waals surface area contributed by atoms with Crippen LogP contribution in [-0.4, -0.2) is 46.7 Å². The number of alkyl halides is 1. The van der Waals surface area contributed by atoms with Gasteiger partial charge < -0.3 is 9.47 Å². The summed E-state index contributed by atoms with van der Waals surface area (Å²) in [6, 6.07) is 7.43. The van der Waals surface area contributed by atoms with Gasteiger partial charge in [-0.3, -0.25) is 4.79 Å². The molecule has 1 unspecified atom stereocenters. The Hall–Kier alpha value is -1.76. The number of hydrogen-bond donors (Lipinski definition) is 0. The SMILES string of the molecule is CCOC(=O)N1CCCCN1C(=O)Cc1ccccc1OC(C)Br. The summed E-state index contributed by atoms with van der Waals surface area (Å²) in [7, 11) is 0. The van der Waals surface area contributed by atoms with Crippen LogP contribution in [0.5, 0.6) is 5.75 Å².